The van der Waals surface area contributed by atoms with Crippen molar-refractivity contribution in [2.24, 2.45) is 0 Å². The molecular formula is C13H15N5O2. The van der Waals surface area contributed by atoms with Gasteiger partial charge in [-0.15, -0.1) is 4.98 Å². The lowest BCUT2D eigenvalue weighted by atomic mass is 10.6. The van der Waals surface area contributed by atoms with Crippen LogP contribution in [0.25, 0.3) is 0 Å². The maximum atomic E-state index is 5.30. The van der Waals surface area contributed by atoms with E-state index in [4.69, 9.17) is 9.47 Å². The Kier molecular flexibility index (Phi) is 4.71. The topological polar surface area (TPSA) is 85.0 Å². The molecule has 0 unspecified atom stereocenters. The molecule has 2 N–H and O–H groups in total. The molecule has 2 rings (SSSR count). The van der Waals surface area contributed by atoms with Crippen LogP contribution < -0.4 is 14.8 Å². The molecule has 0 radical (unpaired) electrons. The van der Waals surface area contributed by atoms with Crippen LogP contribution in [0, 0.1) is 0 Å². The Balaban J connectivity index is 2.19. The summed E-state index contributed by atoms with van der Waals surface area (Å²) in [5.74, 6) is 1.07. The summed E-state index contributed by atoms with van der Waals surface area (Å²) in [5.41, 5.74) is 0. The predicted octanol–water partition coefficient (Wildman–Crippen LogP) is 2.07. The van der Waals surface area contributed by atoms with E-state index in [-0.39, 0.29) is 12.0 Å². The van der Waals surface area contributed by atoms with E-state index >= 15 is 0 Å². The normalized spacial score (nSPS) is 9.80. The first-order valence-corrected chi connectivity index (χ1v) is 5.95. The number of H-pyrrole nitrogens is 1. The van der Waals surface area contributed by atoms with Crippen molar-refractivity contribution in [2.45, 2.75) is 0 Å². The van der Waals surface area contributed by atoms with Gasteiger partial charge in [0.05, 0.1) is 0 Å². The SMILES string of the molecule is C=CCOc1nc(Nc2ccc[nH]2)nc(OCC=C)n1. The molecule has 0 saturated carbocycles. The molecule has 0 aliphatic rings. The van der Waals surface area contributed by atoms with Gasteiger partial charge >= 0.3 is 12.0 Å². The van der Waals surface area contributed by atoms with E-state index in [1.807, 2.05) is 12.1 Å². The highest BCUT2D eigenvalue weighted by molar-refractivity contribution is 5.47. The standard InChI is InChI=1S/C13H15N5O2/c1-3-8-19-12-16-11(15-10-6-5-7-14-10)17-13(18-12)20-9-4-2/h3-7,14H,1-2,8-9H2,(H,15,16,17,18). The Bertz CT molecular complexity index is 538. The smallest absolute Gasteiger partial charge is 0.324 e. The van der Waals surface area contributed by atoms with Gasteiger partial charge in [0.1, 0.15) is 19.0 Å². The molecule has 0 fully saturated rings. The van der Waals surface area contributed by atoms with E-state index in [0.29, 0.717) is 19.2 Å². The number of ether oxygens (including phenoxy) is 2. The molecular weight excluding hydrogens is 258 g/mol. The quantitative estimate of drug-likeness (QED) is 0.716. The molecule has 104 valence electrons. The summed E-state index contributed by atoms with van der Waals surface area (Å²) in [7, 11) is 0. The lowest BCUT2D eigenvalue weighted by molar-refractivity contribution is 0.299. The number of nitrogens with one attached hydrogen (secondary N) is 2. The van der Waals surface area contributed by atoms with Crippen LogP contribution in [0.3, 0.4) is 0 Å². The lowest BCUT2D eigenvalue weighted by Gasteiger charge is -2.08. The third kappa shape index (κ3) is 3.84. The van der Waals surface area contributed by atoms with Crippen molar-refractivity contribution in [3.8, 4) is 12.0 Å². The highest BCUT2D eigenvalue weighted by Crippen LogP contribution is 2.16. The summed E-state index contributed by atoms with van der Waals surface area (Å²) in [4.78, 5) is 15.3. The zero-order valence-corrected chi connectivity index (χ0v) is 10.9. The number of anilines is 2. The van der Waals surface area contributed by atoms with E-state index in [9.17, 15) is 0 Å². The van der Waals surface area contributed by atoms with Crippen molar-refractivity contribution >= 4 is 11.8 Å². The second-order valence-electron chi connectivity index (χ2n) is 3.63. The zero-order chi connectivity index (χ0) is 14.2. The fraction of sp³-hybridized carbons (Fsp3) is 0.154. The maximum absolute atomic E-state index is 5.30. The van der Waals surface area contributed by atoms with Crippen LogP contribution in [-0.4, -0.2) is 33.1 Å². The number of nitrogens with zero attached hydrogens (tertiary/aromatic N) is 3. The molecule has 0 saturated heterocycles. The largest absolute Gasteiger partial charge is 0.459 e. The van der Waals surface area contributed by atoms with Crippen LogP contribution in [0.4, 0.5) is 11.8 Å². The minimum atomic E-state index is 0.160. The first kappa shape index (κ1) is 13.6. The van der Waals surface area contributed by atoms with Gasteiger partial charge in [0.2, 0.25) is 5.95 Å². The van der Waals surface area contributed by atoms with Crippen LogP contribution in [-0.2, 0) is 0 Å². The second kappa shape index (κ2) is 6.93. The van der Waals surface area contributed by atoms with E-state index in [0.717, 1.165) is 5.82 Å². The van der Waals surface area contributed by atoms with Crippen molar-refractivity contribution in [2.75, 3.05) is 18.5 Å². The van der Waals surface area contributed by atoms with Crippen LogP contribution in [0.2, 0.25) is 0 Å². The lowest BCUT2D eigenvalue weighted by Crippen LogP contribution is -2.07. The Morgan fingerprint density at radius 1 is 1.10 bits per heavy atom. The molecule has 0 aromatic carbocycles. The minimum Gasteiger partial charge on any atom is -0.459 e. The van der Waals surface area contributed by atoms with Gasteiger partial charge in [0.25, 0.3) is 0 Å². The summed E-state index contributed by atoms with van der Waals surface area (Å²) in [6.07, 6.45) is 4.99. The monoisotopic (exact) mass is 273 g/mol. The van der Waals surface area contributed by atoms with Crippen molar-refractivity contribution in [3.63, 3.8) is 0 Å². The van der Waals surface area contributed by atoms with Crippen LogP contribution >= 0.6 is 0 Å². The fourth-order valence-corrected chi connectivity index (χ4v) is 1.32. The molecule has 0 aliphatic heterocycles. The van der Waals surface area contributed by atoms with Crippen molar-refractivity contribution < 1.29 is 9.47 Å². The van der Waals surface area contributed by atoms with Crippen molar-refractivity contribution in [1.29, 1.82) is 0 Å². The van der Waals surface area contributed by atoms with Gasteiger partial charge in [-0.3, -0.25) is 0 Å². The fourth-order valence-electron chi connectivity index (χ4n) is 1.32. The van der Waals surface area contributed by atoms with Gasteiger partial charge in [-0.25, -0.2) is 0 Å². The molecule has 2 aromatic heterocycles. The molecule has 7 nitrogen and oxygen atoms in total. The summed E-state index contributed by atoms with van der Waals surface area (Å²) < 4.78 is 10.6. The highest BCUT2D eigenvalue weighted by atomic mass is 16.5. The average molecular weight is 273 g/mol. The molecule has 2 heterocycles. The Labute approximate surface area is 116 Å². The Hall–Kier alpha value is -2.83. The summed E-state index contributed by atoms with van der Waals surface area (Å²) in [6.45, 7) is 7.74. The molecule has 0 amide bonds. The zero-order valence-electron chi connectivity index (χ0n) is 10.9. The third-order valence-electron chi connectivity index (χ3n) is 2.10. The van der Waals surface area contributed by atoms with E-state index < -0.39 is 0 Å². The van der Waals surface area contributed by atoms with Gasteiger partial charge in [-0.2, -0.15) is 9.97 Å². The number of hydrogen-bond donors (Lipinski definition) is 2. The van der Waals surface area contributed by atoms with E-state index in [1.165, 1.54) is 0 Å². The molecule has 2 aromatic rings. The summed E-state index contributed by atoms with van der Waals surface area (Å²) >= 11 is 0. The van der Waals surface area contributed by atoms with E-state index in [1.54, 1.807) is 18.3 Å². The van der Waals surface area contributed by atoms with Gasteiger partial charge in [-0.05, 0) is 12.1 Å². The van der Waals surface area contributed by atoms with Gasteiger partial charge in [0.15, 0.2) is 0 Å². The highest BCUT2D eigenvalue weighted by Gasteiger charge is 2.08. The van der Waals surface area contributed by atoms with Crippen LogP contribution in [0.5, 0.6) is 12.0 Å². The average Bonchev–Trinajstić information content (AvgIpc) is 2.95. The molecule has 0 spiro atoms. The molecule has 0 aliphatic carbocycles. The molecule has 0 atom stereocenters. The predicted molar refractivity (Wildman–Crippen MR) is 75.3 cm³/mol. The summed E-state index contributed by atoms with van der Waals surface area (Å²) in [5, 5.41) is 2.99. The van der Waals surface area contributed by atoms with Crippen LogP contribution in [0.15, 0.2) is 43.6 Å². The van der Waals surface area contributed by atoms with Crippen LogP contribution in [0.1, 0.15) is 0 Å². The first-order chi connectivity index (χ1) is 9.81. The Morgan fingerprint density at radius 3 is 2.25 bits per heavy atom. The number of aromatic amines is 1. The van der Waals surface area contributed by atoms with Crippen molar-refractivity contribution in [3.05, 3.63) is 43.6 Å². The molecule has 20 heavy (non-hydrogen) atoms. The summed E-state index contributed by atoms with van der Waals surface area (Å²) in [6, 6.07) is 4.02. The molecule has 0 bridgehead atoms. The van der Waals surface area contributed by atoms with E-state index in [2.05, 4.69) is 38.4 Å². The third-order valence-corrected chi connectivity index (χ3v) is 2.10. The number of hydrogen-bond acceptors (Lipinski definition) is 6. The second-order valence-corrected chi connectivity index (χ2v) is 3.63. The van der Waals surface area contributed by atoms with Gasteiger partial charge in [-0.1, -0.05) is 25.3 Å². The van der Waals surface area contributed by atoms with Gasteiger partial charge in [0, 0.05) is 6.20 Å². The maximum Gasteiger partial charge on any atom is 0.324 e. The van der Waals surface area contributed by atoms with Crippen molar-refractivity contribution in [1.82, 2.24) is 19.9 Å². The first-order valence-electron chi connectivity index (χ1n) is 5.95. The number of rotatable bonds is 8. The van der Waals surface area contributed by atoms with Gasteiger partial charge < -0.3 is 19.8 Å². The Morgan fingerprint density at radius 2 is 1.75 bits per heavy atom. The molecule has 7 heteroatoms. The minimum absolute atomic E-state index is 0.160. The number of aromatic nitrogens is 4.